The van der Waals surface area contributed by atoms with Gasteiger partial charge in [0.25, 0.3) is 0 Å². The molecular weight excluding hydrogens is 262 g/mol. The monoisotopic (exact) mass is 275 g/mol. The molecule has 0 atom stereocenters. The second-order valence-corrected chi connectivity index (χ2v) is 5.12. The summed E-state index contributed by atoms with van der Waals surface area (Å²) in [5.41, 5.74) is 2.48. The van der Waals surface area contributed by atoms with Crippen LogP contribution < -0.4 is 5.43 Å². The fraction of sp³-hybridized carbons (Fsp3) is 0.0556. The van der Waals surface area contributed by atoms with Crippen molar-refractivity contribution in [3.05, 3.63) is 82.8 Å². The van der Waals surface area contributed by atoms with E-state index < -0.39 is 0 Å². The number of nitrogens with zero attached hydrogens (tertiary/aromatic N) is 1. The maximum Gasteiger partial charge on any atom is 0.202 e. The highest BCUT2D eigenvalue weighted by Gasteiger charge is 2.09. The number of hydrogen-bond acceptors (Lipinski definition) is 2. The Bertz CT molecular complexity index is 980. The van der Waals surface area contributed by atoms with Gasteiger partial charge in [-0.15, -0.1) is 0 Å². The zero-order chi connectivity index (χ0) is 14.2. The van der Waals surface area contributed by atoms with Crippen molar-refractivity contribution in [3.8, 4) is 0 Å². The Morgan fingerprint density at radius 1 is 0.810 bits per heavy atom. The SMILES string of the molecule is O=c1c2ccccc2oc2cn(Cc3ccccc3)cc12. The average Bonchev–Trinajstić information content (AvgIpc) is 2.91. The van der Waals surface area contributed by atoms with E-state index in [0.29, 0.717) is 21.9 Å². The van der Waals surface area contributed by atoms with E-state index >= 15 is 0 Å². The van der Waals surface area contributed by atoms with Crippen molar-refractivity contribution in [1.29, 1.82) is 0 Å². The number of aromatic nitrogens is 1. The van der Waals surface area contributed by atoms with Gasteiger partial charge in [-0.3, -0.25) is 4.79 Å². The van der Waals surface area contributed by atoms with Gasteiger partial charge in [-0.25, -0.2) is 0 Å². The standard InChI is InChI=1S/C18H13NO2/c20-18-14-8-4-5-9-16(14)21-17-12-19(11-15(17)18)10-13-6-2-1-3-7-13/h1-9,11-12H,10H2. The third-order valence-electron chi connectivity index (χ3n) is 3.65. The molecule has 0 aliphatic rings. The Kier molecular flexibility index (Phi) is 2.64. The van der Waals surface area contributed by atoms with Gasteiger partial charge in [0.05, 0.1) is 10.8 Å². The first kappa shape index (κ1) is 12.0. The quantitative estimate of drug-likeness (QED) is 0.558. The van der Waals surface area contributed by atoms with Gasteiger partial charge in [0.1, 0.15) is 5.58 Å². The van der Waals surface area contributed by atoms with Crippen molar-refractivity contribution in [1.82, 2.24) is 4.57 Å². The molecule has 102 valence electrons. The molecule has 0 radical (unpaired) electrons. The second kappa shape index (κ2) is 4.63. The molecule has 21 heavy (non-hydrogen) atoms. The molecule has 0 aliphatic carbocycles. The Morgan fingerprint density at radius 3 is 2.43 bits per heavy atom. The van der Waals surface area contributed by atoms with Crippen LogP contribution in [0.2, 0.25) is 0 Å². The number of benzene rings is 2. The summed E-state index contributed by atoms with van der Waals surface area (Å²) in [7, 11) is 0. The Labute approximate surface area is 121 Å². The van der Waals surface area contributed by atoms with E-state index in [9.17, 15) is 4.79 Å². The van der Waals surface area contributed by atoms with Gasteiger partial charge in [-0.05, 0) is 17.7 Å². The van der Waals surface area contributed by atoms with Crippen LogP contribution in [0.15, 0.2) is 76.2 Å². The van der Waals surface area contributed by atoms with E-state index in [1.54, 1.807) is 6.07 Å². The van der Waals surface area contributed by atoms with E-state index in [-0.39, 0.29) is 5.43 Å². The van der Waals surface area contributed by atoms with Gasteiger partial charge in [0.15, 0.2) is 5.58 Å². The summed E-state index contributed by atoms with van der Waals surface area (Å²) in [6.45, 7) is 0.723. The Hall–Kier alpha value is -2.81. The Balaban J connectivity index is 1.88. The van der Waals surface area contributed by atoms with Crippen LogP contribution in [-0.2, 0) is 6.54 Å². The summed E-state index contributed by atoms with van der Waals surface area (Å²) in [6.07, 6.45) is 3.75. The lowest BCUT2D eigenvalue weighted by molar-refractivity contribution is 0.656. The lowest BCUT2D eigenvalue weighted by Crippen LogP contribution is -2.00. The molecule has 0 aliphatic heterocycles. The maximum atomic E-state index is 12.5. The lowest BCUT2D eigenvalue weighted by Gasteiger charge is -2.01. The van der Waals surface area contributed by atoms with Crippen LogP contribution in [0.5, 0.6) is 0 Å². The summed E-state index contributed by atoms with van der Waals surface area (Å²) in [4.78, 5) is 12.5. The summed E-state index contributed by atoms with van der Waals surface area (Å²) in [6, 6.07) is 17.5. The molecule has 2 heterocycles. The maximum absolute atomic E-state index is 12.5. The van der Waals surface area contributed by atoms with Crippen molar-refractivity contribution >= 4 is 21.9 Å². The molecule has 4 rings (SSSR count). The van der Waals surface area contributed by atoms with Gasteiger partial charge in [0, 0.05) is 18.9 Å². The van der Waals surface area contributed by atoms with Gasteiger partial charge >= 0.3 is 0 Å². The highest BCUT2D eigenvalue weighted by molar-refractivity contribution is 5.89. The van der Waals surface area contributed by atoms with Crippen molar-refractivity contribution in [3.63, 3.8) is 0 Å². The molecule has 2 aromatic carbocycles. The average molecular weight is 275 g/mol. The van der Waals surface area contributed by atoms with Crippen molar-refractivity contribution < 1.29 is 4.42 Å². The first-order valence-corrected chi connectivity index (χ1v) is 6.86. The van der Waals surface area contributed by atoms with Crippen LogP contribution >= 0.6 is 0 Å². The molecular formula is C18H13NO2. The summed E-state index contributed by atoms with van der Waals surface area (Å²) in [5.74, 6) is 0. The third-order valence-corrected chi connectivity index (χ3v) is 3.65. The van der Waals surface area contributed by atoms with E-state index in [0.717, 1.165) is 6.54 Å². The van der Waals surface area contributed by atoms with Crippen molar-refractivity contribution in [2.24, 2.45) is 0 Å². The van der Waals surface area contributed by atoms with Gasteiger partial charge in [-0.1, -0.05) is 42.5 Å². The molecule has 4 aromatic rings. The summed E-state index contributed by atoms with van der Waals surface area (Å²) >= 11 is 0. The summed E-state index contributed by atoms with van der Waals surface area (Å²) < 4.78 is 7.81. The van der Waals surface area contributed by atoms with E-state index in [1.165, 1.54) is 5.56 Å². The van der Waals surface area contributed by atoms with E-state index in [4.69, 9.17) is 4.42 Å². The predicted molar refractivity (Wildman–Crippen MR) is 83.5 cm³/mol. The minimum absolute atomic E-state index is 0.0265. The van der Waals surface area contributed by atoms with Crippen LogP contribution in [0, 0.1) is 0 Å². The third kappa shape index (κ3) is 2.03. The van der Waals surface area contributed by atoms with Crippen molar-refractivity contribution in [2.45, 2.75) is 6.54 Å². The number of rotatable bonds is 2. The highest BCUT2D eigenvalue weighted by Crippen LogP contribution is 2.19. The van der Waals surface area contributed by atoms with E-state index in [2.05, 4.69) is 12.1 Å². The molecule has 2 aromatic heterocycles. The largest absolute Gasteiger partial charge is 0.454 e. The molecule has 3 heteroatoms. The molecule has 0 saturated carbocycles. The van der Waals surface area contributed by atoms with Crippen LogP contribution in [0.1, 0.15) is 5.56 Å². The smallest absolute Gasteiger partial charge is 0.202 e. The van der Waals surface area contributed by atoms with Gasteiger partial charge in [0.2, 0.25) is 5.43 Å². The molecule has 0 amide bonds. The van der Waals surface area contributed by atoms with Gasteiger partial charge < -0.3 is 8.98 Å². The highest BCUT2D eigenvalue weighted by atomic mass is 16.3. The number of para-hydroxylation sites is 1. The molecule has 0 N–H and O–H groups in total. The second-order valence-electron chi connectivity index (χ2n) is 5.12. The van der Waals surface area contributed by atoms with Crippen molar-refractivity contribution in [2.75, 3.05) is 0 Å². The topological polar surface area (TPSA) is 35.1 Å². The first-order valence-electron chi connectivity index (χ1n) is 6.86. The molecule has 0 saturated heterocycles. The molecule has 0 bridgehead atoms. The molecule has 3 nitrogen and oxygen atoms in total. The minimum Gasteiger partial charge on any atom is -0.454 e. The fourth-order valence-corrected chi connectivity index (χ4v) is 2.63. The molecule has 0 unspecified atom stereocenters. The predicted octanol–water partition coefficient (Wildman–Crippen LogP) is 3.80. The normalized spacial score (nSPS) is 11.2. The lowest BCUT2D eigenvalue weighted by atomic mass is 10.2. The fourth-order valence-electron chi connectivity index (χ4n) is 2.63. The van der Waals surface area contributed by atoms with Crippen LogP contribution in [-0.4, -0.2) is 4.57 Å². The summed E-state index contributed by atoms with van der Waals surface area (Å²) in [5, 5.41) is 1.26. The molecule has 0 spiro atoms. The van der Waals surface area contributed by atoms with Crippen LogP contribution in [0.4, 0.5) is 0 Å². The zero-order valence-electron chi connectivity index (χ0n) is 11.3. The zero-order valence-corrected chi connectivity index (χ0v) is 11.3. The number of hydrogen-bond donors (Lipinski definition) is 0. The number of fused-ring (bicyclic) bond motifs is 2. The van der Waals surface area contributed by atoms with Crippen LogP contribution in [0.3, 0.4) is 0 Å². The van der Waals surface area contributed by atoms with Crippen LogP contribution in [0.25, 0.3) is 21.9 Å². The minimum atomic E-state index is 0.0265. The van der Waals surface area contributed by atoms with E-state index in [1.807, 2.05) is 53.4 Å². The first-order chi connectivity index (χ1) is 10.3. The molecule has 0 fully saturated rings. The van der Waals surface area contributed by atoms with Gasteiger partial charge in [-0.2, -0.15) is 0 Å². The Morgan fingerprint density at radius 2 is 1.57 bits per heavy atom.